The van der Waals surface area contributed by atoms with Crippen LogP contribution in [-0.4, -0.2) is 22.2 Å². The fourth-order valence-electron chi connectivity index (χ4n) is 1.61. The number of benzene rings is 1. The monoisotopic (exact) mass is 213 g/mol. The number of nitrogens with zero attached hydrogens (tertiary/aromatic N) is 1. The van der Waals surface area contributed by atoms with Crippen molar-refractivity contribution in [2.24, 2.45) is 0 Å². The Balaban J connectivity index is 2.51. The smallest absolute Gasteiger partial charge is 0.423 e. The third-order valence-corrected chi connectivity index (χ3v) is 2.46. The van der Waals surface area contributed by atoms with Crippen molar-refractivity contribution >= 4 is 12.6 Å². The van der Waals surface area contributed by atoms with Gasteiger partial charge in [-0.25, -0.2) is 0 Å². The molecular formula is C12H12BNO2. The molecule has 3 nitrogen and oxygen atoms in total. The van der Waals surface area contributed by atoms with E-state index in [0.717, 1.165) is 16.8 Å². The van der Waals surface area contributed by atoms with Gasteiger partial charge in [0.15, 0.2) is 0 Å². The van der Waals surface area contributed by atoms with Crippen LogP contribution in [0.1, 0.15) is 5.69 Å². The van der Waals surface area contributed by atoms with Crippen molar-refractivity contribution in [1.82, 2.24) is 4.98 Å². The quantitative estimate of drug-likeness (QED) is 0.723. The Kier molecular flexibility index (Phi) is 3.03. The summed E-state index contributed by atoms with van der Waals surface area (Å²) in [5.41, 5.74) is 3.11. The van der Waals surface area contributed by atoms with E-state index in [1.165, 1.54) is 0 Å². The molecule has 0 saturated heterocycles. The highest BCUT2D eigenvalue weighted by atomic mass is 16.4. The van der Waals surface area contributed by atoms with Gasteiger partial charge in [-0.3, -0.25) is 4.98 Å². The zero-order valence-electron chi connectivity index (χ0n) is 8.96. The lowest BCUT2D eigenvalue weighted by molar-refractivity contribution is 0.426. The molecule has 0 fully saturated rings. The molecule has 1 aromatic heterocycles. The minimum Gasteiger partial charge on any atom is -0.423 e. The minimum atomic E-state index is -1.46. The Morgan fingerprint density at radius 2 is 1.81 bits per heavy atom. The maximum atomic E-state index is 9.26. The summed E-state index contributed by atoms with van der Waals surface area (Å²) in [4.78, 5) is 4.19. The van der Waals surface area contributed by atoms with E-state index < -0.39 is 7.12 Å². The fraction of sp³-hybridized carbons (Fsp3) is 0.0833. The fourth-order valence-corrected chi connectivity index (χ4v) is 1.61. The largest absolute Gasteiger partial charge is 0.489 e. The minimum absolute atomic E-state index is 0.494. The van der Waals surface area contributed by atoms with E-state index in [1.807, 2.05) is 31.2 Å². The number of rotatable bonds is 2. The summed E-state index contributed by atoms with van der Waals surface area (Å²) in [6.07, 6.45) is 1.73. The first kappa shape index (κ1) is 10.9. The van der Waals surface area contributed by atoms with Gasteiger partial charge in [0.25, 0.3) is 0 Å². The van der Waals surface area contributed by atoms with E-state index in [1.54, 1.807) is 18.3 Å². The standard InChI is InChI=1S/C12H12BNO2/c1-9-6-7-10(8-14-9)11-4-2-3-5-12(11)13(15)16/h2-8,15-16H,1H3. The van der Waals surface area contributed by atoms with E-state index in [9.17, 15) is 10.0 Å². The van der Waals surface area contributed by atoms with Gasteiger partial charge in [-0.2, -0.15) is 0 Å². The normalized spacial score (nSPS) is 10.2. The van der Waals surface area contributed by atoms with Gasteiger partial charge >= 0.3 is 7.12 Å². The molecule has 2 rings (SSSR count). The lowest BCUT2D eigenvalue weighted by Gasteiger charge is -2.08. The van der Waals surface area contributed by atoms with Gasteiger partial charge in [0.2, 0.25) is 0 Å². The number of pyridine rings is 1. The average molecular weight is 213 g/mol. The van der Waals surface area contributed by atoms with Crippen molar-refractivity contribution in [3.63, 3.8) is 0 Å². The second-order valence-corrected chi connectivity index (χ2v) is 3.65. The second-order valence-electron chi connectivity index (χ2n) is 3.65. The number of hydrogen-bond acceptors (Lipinski definition) is 3. The zero-order chi connectivity index (χ0) is 11.5. The molecule has 0 aliphatic carbocycles. The lowest BCUT2D eigenvalue weighted by Crippen LogP contribution is -2.31. The van der Waals surface area contributed by atoms with Crippen LogP contribution in [0.5, 0.6) is 0 Å². The van der Waals surface area contributed by atoms with Gasteiger partial charge < -0.3 is 10.0 Å². The van der Waals surface area contributed by atoms with Gasteiger partial charge in [-0.1, -0.05) is 30.3 Å². The van der Waals surface area contributed by atoms with Crippen LogP contribution in [-0.2, 0) is 0 Å². The summed E-state index contributed by atoms with van der Waals surface area (Å²) in [6, 6.07) is 11.0. The molecule has 0 aliphatic heterocycles. The maximum Gasteiger partial charge on any atom is 0.489 e. The van der Waals surface area contributed by atoms with Crippen LogP contribution in [0.3, 0.4) is 0 Å². The summed E-state index contributed by atoms with van der Waals surface area (Å²) < 4.78 is 0. The third kappa shape index (κ3) is 2.13. The van der Waals surface area contributed by atoms with Crippen LogP contribution in [0.4, 0.5) is 0 Å². The molecule has 16 heavy (non-hydrogen) atoms. The molecule has 0 atom stereocenters. The first-order chi connectivity index (χ1) is 7.68. The zero-order valence-corrected chi connectivity index (χ0v) is 8.96. The number of hydrogen-bond donors (Lipinski definition) is 2. The summed E-state index contributed by atoms with van der Waals surface area (Å²) in [6.45, 7) is 1.91. The first-order valence-electron chi connectivity index (χ1n) is 5.06. The van der Waals surface area contributed by atoms with Crippen LogP contribution in [0.2, 0.25) is 0 Å². The summed E-state index contributed by atoms with van der Waals surface area (Å²) in [5, 5.41) is 18.5. The van der Waals surface area contributed by atoms with Crippen LogP contribution in [0, 0.1) is 6.92 Å². The summed E-state index contributed by atoms with van der Waals surface area (Å²) >= 11 is 0. The molecule has 2 N–H and O–H groups in total. The number of aryl methyl sites for hydroxylation is 1. The molecule has 0 radical (unpaired) electrons. The molecule has 0 aliphatic rings. The SMILES string of the molecule is Cc1ccc(-c2ccccc2B(O)O)cn1. The van der Waals surface area contributed by atoms with Gasteiger partial charge in [0.1, 0.15) is 0 Å². The van der Waals surface area contributed by atoms with Crippen molar-refractivity contribution in [2.45, 2.75) is 6.92 Å². The molecule has 1 aromatic carbocycles. The van der Waals surface area contributed by atoms with Crippen molar-refractivity contribution in [3.8, 4) is 11.1 Å². The second kappa shape index (κ2) is 4.47. The van der Waals surface area contributed by atoms with E-state index in [2.05, 4.69) is 4.98 Å². The molecule has 2 aromatic rings. The molecule has 0 spiro atoms. The van der Waals surface area contributed by atoms with Gasteiger partial charge in [0.05, 0.1) is 0 Å². The van der Waals surface area contributed by atoms with Crippen molar-refractivity contribution in [2.75, 3.05) is 0 Å². The topological polar surface area (TPSA) is 53.4 Å². The van der Waals surface area contributed by atoms with E-state index in [-0.39, 0.29) is 0 Å². The predicted molar refractivity (Wildman–Crippen MR) is 64.2 cm³/mol. The Labute approximate surface area is 94.6 Å². The molecular weight excluding hydrogens is 201 g/mol. The Morgan fingerprint density at radius 3 is 2.44 bits per heavy atom. The molecule has 1 heterocycles. The highest BCUT2D eigenvalue weighted by Gasteiger charge is 2.15. The van der Waals surface area contributed by atoms with E-state index >= 15 is 0 Å². The highest BCUT2D eigenvalue weighted by molar-refractivity contribution is 6.60. The van der Waals surface area contributed by atoms with E-state index in [4.69, 9.17) is 0 Å². The molecule has 0 bridgehead atoms. The molecule has 0 unspecified atom stereocenters. The van der Waals surface area contributed by atoms with Gasteiger partial charge in [0, 0.05) is 11.9 Å². The summed E-state index contributed by atoms with van der Waals surface area (Å²) in [7, 11) is -1.46. The van der Waals surface area contributed by atoms with Crippen LogP contribution < -0.4 is 5.46 Å². The molecule has 4 heteroatoms. The van der Waals surface area contributed by atoms with Crippen LogP contribution >= 0.6 is 0 Å². The Morgan fingerprint density at radius 1 is 1.06 bits per heavy atom. The first-order valence-corrected chi connectivity index (χ1v) is 5.06. The molecule has 0 amide bonds. The summed E-state index contributed by atoms with van der Waals surface area (Å²) in [5.74, 6) is 0. The maximum absolute atomic E-state index is 9.26. The molecule has 80 valence electrons. The lowest BCUT2D eigenvalue weighted by atomic mass is 9.75. The predicted octanol–water partition coefficient (Wildman–Crippen LogP) is 0.737. The van der Waals surface area contributed by atoms with Crippen LogP contribution in [0.15, 0.2) is 42.6 Å². The third-order valence-electron chi connectivity index (χ3n) is 2.46. The average Bonchev–Trinajstić information content (AvgIpc) is 2.30. The van der Waals surface area contributed by atoms with Crippen LogP contribution in [0.25, 0.3) is 11.1 Å². The number of aromatic nitrogens is 1. The highest BCUT2D eigenvalue weighted by Crippen LogP contribution is 2.16. The van der Waals surface area contributed by atoms with E-state index in [0.29, 0.717) is 5.46 Å². The Hall–Kier alpha value is -1.65. The van der Waals surface area contributed by atoms with Gasteiger partial charge in [-0.15, -0.1) is 0 Å². The Bertz CT molecular complexity index is 483. The van der Waals surface area contributed by atoms with Crippen molar-refractivity contribution in [1.29, 1.82) is 0 Å². The van der Waals surface area contributed by atoms with Crippen molar-refractivity contribution in [3.05, 3.63) is 48.3 Å². The molecule has 0 saturated carbocycles. The van der Waals surface area contributed by atoms with Crippen molar-refractivity contribution < 1.29 is 10.0 Å². The van der Waals surface area contributed by atoms with Gasteiger partial charge in [-0.05, 0) is 29.6 Å².